The van der Waals surface area contributed by atoms with Gasteiger partial charge in [-0.3, -0.25) is 4.84 Å². The van der Waals surface area contributed by atoms with Gasteiger partial charge in [0.2, 0.25) is 0 Å². The van der Waals surface area contributed by atoms with Crippen LogP contribution in [0.5, 0.6) is 0 Å². The Morgan fingerprint density at radius 3 is 2.84 bits per heavy atom. The fraction of sp³-hybridized carbons (Fsp3) is 0.533. The number of hydroxylamine groups is 1. The van der Waals surface area contributed by atoms with E-state index >= 15 is 0 Å². The predicted molar refractivity (Wildman–Crippen MR) is 74.3 cm³/mol. The molecule has 4 nitrogen and oxygen atoms in total. The maximum Gasteiger partial charge on any atom is 0.338 e. The molecule has 104 valence electrons. The van der Waals surface area contributed by atoms with Gasteiger partial charge in [-0.25, -0.2) is 10.3 Å². The quantitative estimate of drug-likeness (QED) is 0.820. The number of benzene rings is 1. The van der Waals surface area contributed by atoms with Crippen LogP contribution in [0.4, 0.5) is 4.79 Å². The van der Waals surface area contributed by atoms with Crippen LogP contribution in [-0.4, -0.2) is 12.1 Å². The highest BCUT2D eigenvalue weighted by Gasteiger charge is 2.20. The average molecular weight is 262 g/mol. The lowest BCUT2D eigenvalue weighted by molar-refractivity contribution is 0.0474. The van der Waals surface area contributed by atoms with Gasteiger partial charge in [0.1, 0.15) is 0 Å². The zero-order chi connectivity index (χ0) is 13.5. The van der Waals surface area contributed by atoms with Crippen molar-refractivity contribution in [3.05, 3.63) is 35.9 Å². The molecule has 0 bridgehead atoms. The molecule has 1 aromatic carbocycles. The SMILES string of the molecule is CC1CCCC(NC(=O)NOCc2ccccc2)C1. The summed E-state index contributed by atoms with van der Waals surface area (Å²) in [5, 5.41) is 2.96. The van der Waals surface area contributed by atoms with Crippen LogP contribution < -0.4 is 10.8 Å². The summed E-state index contributed by atoms with van der Waals surface area (Å²) in [6.07, 6.45) is 4.59. The van der Waals surface area contributed by atoms with E-state index in [1.807, 2.05) is 30.3 Å². The van der Waals surface area contributed by atoms with E-state index in [9.17, 15) is 4.79 Å². The van der Waals surface area contributed by atoms with E-state index in [1.54, 1.807) is 0 Å². The summed E-state index contributed by atoms with van der Waals surface area (Å²) in [7, 11) is 0. The molecule has 1 saturated carbocycles. The summed E-state index contributed by atoms with van der Waals surface area (Å²) in [6.45, 7) is 2.62. The van der Waals surface area contributed by atoms with E-state index in [0.717, 1.165) is 18.4 Å². The molecule has 2 rings (SSSR count). The third kappa shape index (κ3) is 4.91. The molecule has 2 amide bonds. The lowest BCUT2D eigenvalue weighted by Crippen LogP contribution is -2.43. The molecule has 1 aliphatic carbocycles. The molecule has 1 fully saturated rings. The lowest BCUT2D eigenvalue weighted by atomic mass is 9.87. The highest BCUT2D eigenvalue weighted by Crippen LogP contribution is 2.23. The highest BCUT2D eigenvalue weighted by atomic mass is 16.7. The fourth-order valence-electron chi connectivity index (χ4n) is 2.54. The molecular weight excluding hydrogens is 240 g/mol. The predicted octanol–water partition coefficient (Wildman–Crippen LogP) is 3.00. The first-order valence-corrected chi connectivity index (χ1v) is 6.96. The van der Waals surface area contributed by atoms with Gasteiger partial charge in [-0.1, -0.05) is 50.1 Å². The van der Waals surface area contributed by atoms with Gasteiger partial charge in [0.15, 0.2) is 0 Å². The molecule has 19 heavy (non-hydrogen) atoms. The number of nitrogens with one attached hydrogen (secondary N) is 2. The number of carbonyl (C=O) groups excluding carboxylic acids is 1. The monoisotopic (exact) mass is 262 g/mol. The Morgan fingerprint density at radius 1 is 1.32 bits per heavy atom. The van der Waals surface area contributed by atoms with E-state index in [1.165, 1.54) is 12.8 Å². The maximum atomic E-state index is 11.7. The Morgan fingerprint density at radius 2 is 2.11 bits per heavy atom. The second kappa shape index (κ2) is 7.14. The standard InChI is InChI=1S/C15H22N2O2/c1-12-6-5-9-14(10-12)16-15(18)17-19-11-13-7-3-2-4-8-13/h2-4,7-8,12,14H,5-6,9-11H2,1H3,(H2,16,17,18). The van der Waals surface area contributed by atoms with Crippen molar-refractivity contribution in [3.63, 3.8) is 0 Å². The molecule has 0 heterocycles. The van der Waals surface area contributed by atoms with E-state index in [4.69, 9.17) is 4.84 Å². The molecule has 1 aliphatic rings. The average Bonchev–Trinajstić information content (AvgIpc) is 2.40. The number of hydrogen-bond donors (Lipinski definition) is 2. The fourth-order valence-corrected chi connectivity index (χ4v) is 2.54. The minimum atomic E-state index is -0.241. The molecule has 0 aromatic heterocycles. The summed E-state index contributed by atoms with van der Waals surface area (Å²) < 4.78 is 0. The van der Waals surface area contributed by atoms with E-state index in [0.29, 0.717) is 12.5 Å². The number of urea groups is 1. The van der Waals surface area contributed by atoms with Gasteiger partial charge in [0.25, 0.3) is 0 Å². The molecule has 4 heteroatoms. The number of amides is 2. The first-order chi connectivity index (χ1) is 9.24. The van der Waals surface area contributed by atoms with Gasteiger partial charge in [-0.15, -0.1) is 0 Å². The van der Waals surface area contributed by atoms with Gasteiger partial charge in [-0.05, 0) is 24.3 Å². The topological polar surface area (TPSA) is 50.4 Å². The summed E-state index contributed by atoms with van der Waals surface area (Å²) in [5.74, 6) is 0.698. The van der Waals surface area contributed by atoms with Crippen molar-refractivity contribution in [2.45, 2.75) is 45.3 Å². The van der Waals surface area contributed by atoms with Crippen molar-refractivity contribution in [3.8, 4) is 0 Å². The maximum absolute atomic E-state index is 11.7. The highest BCUT2D eigenvalue weighted by molar-refractivity contribution is 5.73. The normalized spacial score (nSPS) is 22.8. The van der Waals surface area contributed by atoms with Crippen LogP contribution in [0.25, 0.3) is 0 Å². The van der Waals surface area contributed by atoms with Gasteiger partial charge >= 0.3 is 6.03 Å². The first-order valence-electron chi connectivity index (χ1n) is 6.96. The molecule has 2 unspecified atom stereocenters. The van der Waals surface area contributed by atoms with Crippen LogP contribution >= 0.6 is 0 Å². The van der Waals surface area contributed by atoms with Gasteiger partial charge < -0.3 is 5.32 Å². The Labute approximate surface area is 114 Å². The molecule has 0 spiro atoms. The van der Waals surface area contributed by atoms with Crippen LogP contribution in [0.3, 0.4) is 0 Å². The summed E-state index contributed by atoms with van der Waals surface area (Å²) in [4.78, 5) is 16.8. The van der Waals surface area contributed by atoms with Crippen molar-refractivity contribution in [1.29, 1.82) is 0 Å². The third-order valence-corrected chi connectivity index (χ3v) is 3.52. The van der Waals surface area contributed by atoms with E-state index in [-0.39, 0.29) is 12.1 Å². The Kier molecular flexibility index (Phi) is 5.21. The van der Waals surface area contributed by atoms with Crippen LogP contribution in [0, 0.1) is 5.92 Å². The molecule has 0 saturated heterocycles. The lowest BCUT2D eigenvalue weighted by Gasteiger charge is -2.27. The third-order valence-electron chi connectivity index (χ3n) is 3.52. The zero-order valence-corrected chi connectivity index (χ0v) is 11.4. The van der Waals surface area contributed by atoms with Gasteiger partial charge in [0.05, 0.1) is 6.61 Å². The molecule has 0 aliphatic heterocycles. The van der Waals surface area contributed by atoms with Crippen LogP contribution in [0.2, 0.25) is 0 Å². The Hall–Kier alpha value is -1.55. The Bertz CT molecular complexity index is 394. The summed E-state index contributed by atoms with van der Waals surface area (Å²) in [5.41, 5.74) is 3.48. The minimum Gasteiger partial charge on any atom is -0.334 e. The van der Waals surface area contributed by atoms with Crippen LogP contribution in [-0.2, 0) is 11.4 Å². The number of rotatable bonds is 4. The van der Waals surface area contributed by atoms with Crippen molar-refractivity contribution >= 4 is 6.03 Å². The number of carbonyl (C=O) groups is 1. The van der Waals surface area contributed by atoms with Crippen molar-refractivity contribution in [2.75, 3.05) is 0 Å². The van der Waals surface area contributed by atoms with Gasteiger partial charge in [0, 0.05) is 6.04 Å². The van der Waals surface area contributed by atoms with Crippen molar-refractivity contribution < 1.29 is 9.63 Å². The first kappa shape index (κ1) is 13.9. The smallest absolute Gasteiger partial charge is 0.334 e. The molecule has 1 aromatic rings. The van der Waals surface area contributed by atoms with E-state index < -0.39 is 0 Å². The molecule has 0 radical (unpaired) electrons. The minimum absolute atomic E-state index is 0.241. The zero-order valence-electron chi connectivity index (χ0n) is 11.4. The van der Waals surface area contributed by atoms with Crippen LogP contribution in [0.15, 0.2) is 30.3 Å². The number of hydrogen-bond acceptors (Lipinski definition) is 2. The van der Waals surface area contributed by atoms with E-state index in [2.05, 4.69) is 17.7 Å². The van der Waals surface area contributed by atoms with Gasteiger partial charge in [-0.2, -0.15) is 0 Å². The summed E-state index contributed by atoms with van der Waals surface area (Å²) >= 11 is 0. The van der Waals surface area contributed by atoms with Crippen LogP contribution in [0.1, 0.15) is 38.2 Å². The molecule has 2 N–H and O–H groups in total. The largest absolute Gasteiger partial charge is 0.338 e. The second-order valence-corrected chi connectivity index (χ2v) is 5.32. The van der Waals surface area contributed by atoms with Crippen molar-refractivity contribution in [2.24, 2.45) is 5.92 Å². The second-order valence-electron chi connectivity index (χ2n) is 5.32. The Balaban J connectivity index is 1.64. The molecule has 2 atom stereocenters. The van der Waals surface area contributed by atoms with Crippen molar-refractivity contribution in [1.82, 2.24) is 10.8 Å². The molecular formula is C15H22N2O2. The summed E-state index contributed by atoms with van der Waals surface area (Å²) in [6, 6.07) is 9.81.